The Kier molecular flexibility index (Phi) is 16.5. The first-order valence-corrected chi connectivity index (χ1v) is 23.9. The van der Waals surface area contributed by atoms with E-state index in [0.29, 0.717) is 11.1 Å². The van der Waals surface area contributed by atoms with Gasteiger partial charge in [0.05, 0.1) is 5.69 Å². The standard InChI is InChI=1S/C46H59N11O13S/c1-22-36(39(49)56-40(52-22)25-6-8-27(9-7-25)46(3)11-12-46)42(62)55-33(19-51-71(50,67)68)44(64)57(4)37-26-15-31(38(60)35(16-26)70-21-29(59)18-48)30-13-24(5-10-34(30)69-20-28(58)17-47)14-32(45(65)66)54-41(61)23(2)53-43(37)63/h5-10,13,15-16,23,28-29,32-33,37,51,58-60H,11-12,14,17-21,47-48H2,1-4H3,(H,53,63)(H,54,61)(H,55,62)(H,65,66)(H2,49,52,56)(H2,50,67,68)/t23-,28+,29+,32-,33-,37-/m0/s1. The Morgan fingerprint density at radius 1 is 0.930 bits per heavy atom. The molecule has 1 aliphatic heterocycles. The number of carboxylic acids is 1. The first kappa shape index (κ1) is 53.4. The number of amides is 4. The fourth-order valence-corrected chi connectivity index (χ4v) is 8.20. The van der Waals surface area contributed by atoms with Gasteiger partial charge in [-0.05, 0) is 73.1 Å². The van der Waals surface area contributed by atoms with Crippen LogP contribution < -0.4 is 52.5 Å². The Balaban J connectivity index is 1.46. The third kappa shape index (κ3) is 12.9. The van der Waals surface area contributed by atoms with Gasteiger partial charge < -0.3 is 68.0 Å². The highest BCUT2D eigenvalue weighted by Crippen LogP contribution is 2.48. The summed E-state index contributed by atoms with van der Waals surface area (Å²) in [6.45, 7) is 2.72. The van der Waals surface area contributed by atoms with E-state index in [9.17, 15) is 52.8 Å². The van der Waals surface area contributed by atoms with Crippen molar-refractivity contribution in [3.05, 3.63) is 82.5 Å². The number of aryl methyl sites for hydroxylation is 1. The number of phenols is 1. The number of hydrogen-bond acceptors (Lipinski definition) is 17. The molecule has 1 saturated carbocycles. The molecular weight excluding hydrogens is 947 g/mol. The Hall–Kier alpha value is -7.00. The molecule has 1 aliphatic carbocycles. The summed E-state index contributed by atoms with van der Waals surface area (Å²) >= 11 is 0. The molecule has 1 aromatic heterocycles. The minimum Gasteiger partial charge on any atom is -0.504 e. The molecule has 6 rings (SSSR count). The molecule has 0 spiro atoms. The molecule has 0 unspecified atom stereocenters. The van der Waals surface area contributed by atoms with Gasteiger partial charge in [0.1, 0.15) is 66.7 Å². The molecule has 1 fully saturated rings. The summed E-state index contributed by atoms with van der Waals surface area (Å²) in [5.74, 6) is -6.63. The quantitative estimate of drug-likeness (QED) is 0.0544. The van der Waals surface area contributed by atoms with Crippen LogP contribution in [0.4, 0.5) is 5.82 Å². The van der Waals surface area contributed by atoms with Gasteiger partial charge in [-0.25, -0.2) is 19.9 Å². The molecule has 4 amide bonds. The number of carboxylic acid groups (broad SMARTS) is 1. The third-order valence-electron chi connectivity index (χ3n) is 12.2. The zero-order valence-electron chi connectivity index (χ0n) is 39.3. The molecule has 2 heterocycles. The van der Waals surface area contributed by atoms with Crippen LogP contribution in [0.2, 0.25) is 0 Å². The Labute approximate surface area is 408 Å². The van der Waals surface area contributed by atoms with Gasteiger partial charge in [0.25, 0.3) is 16.1 Å². The highest BCUT2D eigenvalue weighted by Gasteiger charge is 2.40. The van der Waals surface area contributed by atoms with Crippen molar-refractivity contribution in [1.29, 1.82) is 0 Å². The van der Waals surface area contributed by atoms with Crippen LogP contribution in [0.25, 0.3) is 22.5 Å². The number of phenolic OH excluding ortho intramolecular Hbond substituents is 1. The summed E-state index contributed by atoms with van der Waals surface area (Å²) < 4.78 is 38.3. The maximum absolute atomic E-state index is 14.9. The highest BCUT2D eigenvalue weighted by molar-refractivity contribution is 7.87. The van der Waals surface area contributed by atoms with E-state index in [1.165, 1.54) is 38.1 Å². The number of fused-ring (bicyclic) bond motifs is 5. The fourth-order valence-electron chi connectivity index (χ4n) is 7.80. The van der Waals surface area contributed by atoms with Crippen molar-refractivity contribution in [1.82, 2.24) is 35.5 Å². The van der Waals surface area contributed by atoms with Gasteiger partial charge >= 0.3 is 5.97 Å². The predicted molar refractivity (Wildman–Crippen MR) is 257 cm³/mol. The lowest BCUT2D eigenvalue weighted by atomic mass is 9.93. The molecule has 382 valence electrons. The average Bonchev–Trinajstić information content (AvgIpc) is 4.08. The summed E-state index contributed by atoms with van der Waals surface area (Å²) in [4.78, 5) is 79.4. The van der Waals surface area contributed by atoms with Crippen molar-refractivity contribution in [3.63, 3.8) is 0 Å². The van der Waals surface area contributed by atoms with Crippen LogP contribution in [0.5, 0.6) is 17.2 Å². The number of likely N-dealkylation sites (N-methyl/N-ethyl adjacent to an activating group) is 1. The van der Waals surface area contributed by atoms with Crippen molar-refractivity contribution in [2.45, 2.75) is 81.8 Å². The van der Waals surface area contributed by atoms with Gasteiger partial charge in [0, 0.05) is 49.8 Å². The first-order valence-electron chi connectivity index (χ1n) is 22.4. The summed E-state index contributed by atoms with van der Waals surface area (Å²) in [5.41, 5.74) is 19.4. The number of carbonyl (C=O) groups excluding carboxylic acids is 4. The number of benzene rings is 3. The van der Waals surface area contributed by atoms with E-state index < -0.39 is 95.1 Å². The maximum Gasteiger partial charge on any atom is 0.326 e. The van der Waals surface area contributed by atoms with E-state index in [1.807, 2.05) is 29.0 Å². The number of rotatable bonds is 18. The third-order valence-corrected chi connectivity index (χ3v) is 12.8. The molecular formula is C46H59N11O13S. The minimum atomic E-state index is -4.54. The number of aromatic hydroxyl groups is 1. The number of aliphatic hydroxyl groups excluding tert-OH is 2. The SMILES string of the molecule is Cc1nc(-c2ccc(C3(C)CC3)cc2)nc(N)c1C(=O)N[C@@H](CNS(N)(=O)=O)C(=O)N(C)[C@@H]1C(=O)N[C@@H](C)C(=O)N[C@H](C(=O)O)Cc2ccc(OC[C@H](O)CN)c(c2)-c2cc1cc(OC[C@H](O)CN)c2O. The number of ether oxygens (including phenoxy) is 2. The molecule has 4 bridgehead atoms. The van der Waals surface area contributed by atoms with E-state index in [4.69, 9.17) is 31.8 Å². The lowest BCUT2D eigenvalue weighted by molar-refractivity contribution is -0.143. The van der Waals surface area contributed by atoms with Crippen LogP contribution in [0.15, 0.2) is 54.6 Å². The second-order valence-electron chi connectivity index (χ2n) is 17.8. The first-order chi connectivity index (χ1) is 33.4. The van der Waals surface area contributed by atoms with Crippen molar-refractivity contribution in [2.75, 3.05) is 45.6 Å². The molecule has 0 radical (unpaired) electrons. The van der Waals surface area contributed by atoms with Crippen LogP contribution in [0.3, 0.4) is 0 Å². The number of aromatic nitrogens is 2. The monoisotopic (exact) mass is 1010 g/mol. The number of nitrogens with one attached hydrogen (secondary N) is 4. The fraction of sp³-hybridized carbons (Fsp3) is 0.413. The Bertz CT molecular complexity index is 2770. The van der Waals surface area contributed by atoms with Crippen molar-refractivity contribution < 1.29 is 62.3 Å². The van der Waals surface area contributed by atoms with E-state index in [2.05, 4.69) is 32.8 Å². The van der Waals surface area contributed by atoms with Gasteiger partial charge in [-0.15, -0.1) is 0 Å². The van der Waals surface area contributed by atoms with Crippen LogP contribution in [0.1, 0.15) is 65.5 Å². The number of nitrogen functional groups attached to an aromatic ring is 1. The normalized spacial score (nSPS) is 18.9. The summed E-state index contributed by atoms with van der Waals surface area (Å²) in [5, 5.41) is 55.3. The predicted octanol–water partition coefficient (Wildman–Crippen LogP) is -1.42. The molecule has 2 aliphatic rings. The zero-order chi connectivity index (χ0) is 52.1. The highest BCUT2D eigenvalue weighted by atomic mass is 32.2. The van der Waals surface area contributed by atoms with Gasteiger partial charge in [-0.2, -0.15) is 13.1 Å². The molecule has 3 aromatic carbocycles. The second-order valence-corrected chi connectivity index (χ2v) is 19.2. The molecule has 71 heavy (non-hydrogen) atoms. The molecule has 25 heteroatoms. The van der Waals surface area contributed by atoms with Crippen LogP contribution in [-0.2, 0) is 41.2 Å². The molecule has 16 N–H and O–H groups in total. The lowest BCUT2D eigenvalue weighted by Crippen LogP contribution is -2.57. The number of aliphatic carboxylic acids is 1. The largest absolute Gasteiger partial charge is 0.504 e. The van der Waals surface area contributed by atoms with E-state index >= 15 is 0 Å². The molecule has 24 nitrogen and oxygen atoms in total. The topological polar surface area (TPSA) is 400 Å². The van der Waals surface area contributed by atoms with Crippen LogP contribution in [-0.4, -0.2) is 144 Å². The summed E-state index contributed by atoms with van der Waals surface area (Å²) in [6, 6.07) is 7.64. The lowest BCUT2D eigenvalue weighted by Gasteiger charge is -2.33. The van der Waals surface area contributed by atoms with Crippen LogP contribution in [0, 0.1) is 6.92 Å². The van der Waals surface area contributed by atoms with E-state index in [-0.39, 0.29) is 82.6 Å². The van der Waals surface area contributed by atoms with Gasteiger partial charge in [0.15, 0.2) is 17.3 Å². The number of aliphatic hydroxyl groups is 2. The van der Waals surface area contributed by atoms with Crippen LogP contribution >= 0.6 is 0 Å². The van der Waals surface area contributed by atoms with Crippen molar-refractivity contribution in [2.24, 2.45) is 16.6 Å². The summed E-state index contributed by atoms with van der Waals surface area (Å²) in [7, 11) is -3.42. The van der Waals surface area contributed by atoms with Gasteiger partial charge in [0.2, 0.25) is 17.7 Å². The number of nitrogens with two attached hydrogens (primary N) is 4. The van der Waals surface area contributed by atoms with Gasteiger partial charge in [-0.1, -0.05) is 37.3 Å². The summed E-state index contributed by atoms with van der Waals surface area (Å²) in [6.07, 6.45) is -0.581. The molecule has 0 saturated heterocycles. The zero-order valence-corrected chi connectivity index (χ0v) is 40.2. The van der Waals surface area contributed by atoms with E-state index in [1.54, 1.807) is 0 Å². The van der Waals surface area contributed by atoms with Gasteiger partial charge in [-0.3, -0.25) is 19.2 Å². The number of hydrogen-bond donors (Lipinski definition) is 12. The van der Waals surface area contributed by atoms with E-state index in [0.717, 1.165) is 36.4 Å². The number of anilines is 1. The molecule has 6 atom stereocenters. The average molecular weight is 1010 g/mol. The number of nitrogens with zero attached hydrogens (tertiary/aromatic N) is 3. The Morgan fingerprint density at radius 3 is 2.14 bits per heavy atom. The minimum absolute atomic E-state index is 0.00742. The van der Waals surface area contributed by atoms with Crippen molar-refractivity contribution in [3.8, 4) is 39.8 Å². The molecule has 4 aromatic rings. The Morgan fingerprint density at radius 2 is 1.56 bits per heavy atom. The smallest absolute Gasteiger partial charge is 0.326 e. The maximum atomic E-state index is 14.9. The van der Waals surface area contributed by atoms with Crippen molar-refractivity contribution >= 4 is 45.6 Å². The second kappa shape index (κ2) is 22.0. The number of carbonyl (C=O) groups is 5.